The minimum absolute atomic E-state index is 0.125. The van der Waals surface area contributed by atoms with Crippen molar-refractivity contribution in [3.05, 3.63) is 59.4 Å². The van der Waals surface area contributed by atoms with Gasteiger partial charge >= 0.3 is 0 Å². The van der Waals surface area contributed by atoms with Crippen LogP contribution in [-0.4, -0.2) is 24.4 Å². The Morgan fingerprint density at radius 1 is 1.08 bits per heavy atom. The standard InChI is InChI=1S/C19H24FNO3/c1-3-23-18-10-6-8-15(12-21-11-14(2)22)19(18)24-13-16-7-4-5-9-17(16)20/h4-10,14,21-22H,3,11-13H2,1-2H3/t14-/m0/s1. The molecular formula is C19H24FNO3. The van der Waals surface area contributed by atoms with E-state index in [0.717, 1.165) is 5.56 Å². The molecule has 0 bridgehead atoms. The van der Waals surface area contributed by atoms with E-state index >= 15 is 0 Å². The first-order chi connectivity index (χ1) is 11.6. The lowest BCUT2D eigenvalue weighted by Gasteiger charge is -2.17. The van der Waals surface area contributed by atoms with Crippen LogP contribution >= 0.6 is 0 Å². The van der Waals surface area contributed by atoms with Gasteiger partial charge < -0.3 is 19.9 Å². The van der Waals surface area contributed by atoms with Gasteiger partial charge in [0.2, 0.25) is 0 Å². The van der Waals surface area contributed by atoms with Gasteiger partial charge in [0.15, 0.2) is 11.5 Å². The van der Waals surface area contributed by atoms with E-state index in [1.165, 1.54) is 6.07 Å². The molecule has 0 aliphatic rings. The molecule has 5 heteroatoms. The predicted octanol–water partition coefficient (Wildman–Crippen LogP) is 3.27. The van der Waals surface area contributed by atoms with Crippen molar-refractivity contribution in [1.29, 1.82) is 0 Å². The third-order valence-corrected chi connectivity index (χ3v) is 3.45. The zero-order chi connectivity index (χ0) is 17.4. The number of halogens is 1. The Morgan fingerprint density at radius 2 is 1.83 bits per heavy atom. The minimum atomic E-state index is -0.428. The van der Waals surface area contributed by atoms with E-state index in [-0.39, 0.29) is 12.4 Å². The molecule has 0 unspecified atom stereocenters. The van der Waals surface area contributed by atoms with Crippen LogP contribution in [0.5, 0.6) is 11.5 Å². The first-order valence-electron chi connectivity index (χ1n) is 8.11. The predicted molar refractivity (Wildman–Crippen MR) is 91.7 cm³/mol. The molecule has 1 atom stereocenters. The van der Waals surface area contributed by atoms with Crippen molar-refractivity contribution in [3.8, 4) is 11.5 Å². The van der Waals surface area contributed by atoms with Crippen LogP contribution in [0.4, 0.5) is 4.39 Å². The number of benzene rings is 2. The molecule has 4 nitrogen and oxygen atoms in total. The SMILES string of the molecule is CCOc1cccc(CNC[C@H](C)O)c1OCc1ccccc1F. The molecule has 0 aliphatic carbocycles. The first kappa shape index (κ1) is 18.2. The molecule has 0 fully saturated rings. The van der Waals surface area contributed by atoms with Gasteiger partial charge in [-0.3, -0.25) is 0 Å². The summed E-state index contributed by atoms with van der Waals surface area (Å²) in [6, 6.07) is 12.2. The summed E-state index contributed by atoms with van der Waals surface area (Å²) in [7, 11) is 0. The van der Waals surface area contributed by atoms with Gasteiger partial charge in [-0.1, -0.05) is 30.3 Å². The maximum Gasteiger partial charge on any atom is 0.166 e. The second-order valence-corrected chi connectivity index (χ2v) is 5.54. The number of rotatable bonds is 9. The highest BCUT2D eigenvalue weighted by atomic mass is 19.1. The maximum absolute atomic E-state index is 13.8. The Hall–Kier alpha value is -2.11. The average Bonchev–Trinajstić information content (AvgIpc) is 2.55. The molecule has 0 radical (unpaired) electrons. The molecule has 0 spiro atoms. The molecule has 0 aliphatic heterocycles. The number of aliphatic hydroxyl groups is 1. The Labute approximate surface area is 142 Å². The van der Waals surface area contributed by atoms with E-state index in [9.17, 15) is 9.50 Å². The number of ether oxygens (including phenoxy) is 2. The number of para-hydroxylation sites is 1. The molecule has 0 saturated carbocycles. The summed E-state index contributed by atoms with van der Waals surface area (Å²) in [6.07, 6.45) is -0.428. The largest absolute Gasteiger partial charge is 0.490 e. The van der Waals surface area contributed by atoms with Gasteiger partial charge in [0.25, 0.3) is 0 Å². The van der Waals surface area contributed by atoms with Crippen molar-refractivity contribution in [2.24, 2.45) is 0 Å². The van der Waals surface area contributed by atoms with Crippen molar-refractivity contribution >= 4 is 0 Å². The molecule has 0 saturated heterocycles. The monoisotopic (exact) mass is 333 g/mol. The Bertz CT molecular complexity index is 646. The van der Waals surface area contributed by atoms with E-state index in [1.807, 2.05) is 25.1 Å². The summed E-state index contributed by atoms with van der Waals surface area (Å²) in [5.41, 5.74) is 1.39. The van der Waals surface area contributed by atoms with E-state index < -0.39 is 6.10 Å². The molecule has 0 heterocycles. The van der Waals surface area contributed by atoms with Crippen LogP contribution in [0, 0.1) is 5.82 Å². The molecular weight excluding hydrogens is 309 g/mol. The molecule has 24 heavy (non-hydrogen) atoms. The smallest absolute Gasteiger partial charge is 0.166 e. The lowest BCUT2D eigenvalue weighted by molar-refractivity contribution is 0.190. The minimum Gasteiger partial charge on any atom is -0.490 e. The Kier molecular flexibility index (Phi) is 7.03. The second-order valence-electron chi connectivity index (χ2n) is 5.54. The maximum atomic E-state index is 13.8. The molecule has 2 rings (SSSR count). The molecule has 130 valence electrons. The van der Waals surface area contributed by atoms with Gasteiger partial charge in [-0.05, 0) is 26.0 Å². The van der Waals surface area contributed by atoms with Crippen molar-refractivity contribution in [3.63, 3.8) is 0 Å². The number of hydrogen-bond donors (Lipinski definition) is 2. The lowest BCUT2D eigenvalue weighted by Crippen LogP contribution is -2.24. The van der Waals surface area contributed by atoms with Gasteiger partial charge in [0.05, 0.1) is 12.7 Å². The van der Waals surface area contributed by atoms with E-state index in [1.54, 1.807) is 25.1 Å². The van der Waals surface area contributed by atoms with Crippen LogP contribution in [0.1, 0.15) is 25.0 Å². The first-order valence-corrected chi connectivity index (χ1v) is 8.11. The second kappa shape index (κ2) is 9.25. The number of hydrogen-bond acceptors (Lipinski definition) is 4. The Morgan fingerprint density at radius 3 is 2.54 bits per heavy atom. The zero-order valence-electron chi connectivity index (χ0n) is 14.1. The van der Waals surface area contributed by atoms with Crippen LogP contribution in [0.15, 0.2) is 42.5 Å². The topological polar surface area (TPSA) is 50.7 Å². The fourth-order valence-corrected chi connectivity index (χ4v) is 2.31. The summed E-state index contributed by atoms with van der Waals surface area (Å²) in [5.74, 6) is 0.936. The molecule has 0 amide bonds. The summed E-state index contributed by atoms with van der Waals surface area (Å²) in [6.45, 7) is 5.27. The van der Waals surface area contributed by atoms with Crippen molar-refractivity contribution < 1.29 is 19.0 Å². The highest BCUT2D eigenvalue weighted by Gasteiger charge is 2.12. The molecule has 2 N–H and O–H groups in total. The molecule has 2 aromatic rings. The van der Waals surface area contributed by atoms with E-state index in [4.69, 9.17) is 9.47 Å². The van der Waals surface area contributed by atoms with Crippen LogP contribution in [0.2, 0.25) is 0 Å². The zero-order valence-corrected chi connectivity index (χ0v) is 14.1. The third kappa shape index (κ3) is 5.22. The van der Waals surface area contributed by atoms with Crippen LogP contribution in [0.25, 0.3) is 0 Å². The van der Waals surface area contributed by atoms with Crippen LogP contribution < -0.4 is 14.8 Å². The van der Waals surface area contributed by atoms with Crippen molar-refractivity contribution in [1.82, 2.24) is 5.32 Å². The summed E-state index contributed by atoms with van der Waals surface area (Å²) >= 11 is 0. The normalized spacial score (nSPS) is 12.0. The van der Waals surface area contributed by atoms with E-state index in [0.29, 0.717) is 36.8 Å². The van der Waals surface area contributed by atoms with Gasteiger partial charge in [-0.2, -0.15) is 0 Å². The van der Waals surface area contributed by atoms with Crippen LogP contribution in [0.3, 0.4) is 0 Å². The summed E-state index contributed by atoms with van der Waals surface area (Å²) in [5, 5.41) is 12.5. The summed E-state index contributed by atoms with van der Waals surface area (Å²) in [4.78, 5) is 0. The van der Waals surface area contributed by atoms with Crippen molar-refractivity contribution in [2.75, 3.05) is 13.2 Å². The highest BCUT2D eigenvalue weighted by Crippen LogP contribution is 2.32. The van der Waals surface area contributed by atoms with Gasteiger partial charge in [-0.15, -0.1) is 0 Å². The lowest BCUT2D eigenvalue weighted by atomic mass is 10.1. The summed E-state index contributed by atoms with van der Waals surface area (Å²) < 4.78 is 25.3. The molecule has 2 aromatic carbocycles. The fourth-order valence-electron chi connectivity index (χ4n) is 2.31. The van der Waals surface area contributed by atoms with Gasteiger partial charge in [-0.25, -0.2) is 4.39 Å². The molecule has 0 aromatic heterocycles. The number of nitrogens with one attached hydrogen (secondary N) is 1. The fraction of sp³-hybridized carbons (Fsp3) is 0.368. The van der Waals surface area contributed by atoms with Gasteiger partial charge in [0.1, 0.15) is 12.4 Å². The van der Waals surface area contributed by atoms with Crippen molar-refractivity contribution in [2.45, 2.75) is 33.1 Å². The quantitative estimate of drug-likeness (QED) is 0.739. The average molecular weight is 333 g/mol. The highest BCUT2D eigenvalue weighted by molar-refractivity contribution is 5.46. The van der Waals surface area contributed by atoms with Gasteiger partial charge in [0, 0.05) is 24.2 Å². The van der Waals surface area contributed by atoms with E-state index in [2.05, 4.69) is 5.32 Å². The number of aliphatic hydroxyl groups excluding tert-OH is 1. The third-order valence-electron chi connectivity index (χ3n) is 3.45. The Balaban J connectivity index is 2.16. The van der Waals surface area contributed by atoms with Crippen LogP contribution in [-0.2, 0) is 13.2 Å².